The summed E-state index contributed by atoms with van der Waals surface area (Å²) in [6.45, 7) is 4.17. The number of hydrogen-bond acceptors (Lipinski definition) is 2. The highest BCUT2D eigenvalue weighted by molar-refractivity contribution is 7.99. The molecule has 1 nitrogen and oxygen atoms in total. The molecule has 0 amide bonds. The summed E-state index contributed by atoms with van der Waals surface area (Å²) in [6.07, 6.45) is 2.15. The highest BCUT2D eigenvalue weighted by atomic mass is 32.2. The topological polar surface area (TPSA) is 9.23 Å². The molecule has 0 bridgehead atoms. The van der Waals surface area contributed by atoms with Crippen molar-refractivity contribution in [2.24, 2.45) is 5.92 Å². The van der Waals surface area contributed by atoms with Gasteiger partial charge in [-0.2, -0.15) is 11.8 Å². The van der Waals surface area contributed by atoms with Gasteiger partial charge in [-0.05, 0) is 12.2 Å². The van der Waals surface area contributed by atoms with Crippen molar-refractivity contribution in [2.45, 2.75) is 12.2 Å². The van der Waals surface area contributed by atoms with Crippen molar-refractivity contribution in [2.75, 3.05) is 19.5 Å². The highest BCUT2D eigenvalue weighted by Crippen LogP contribution is 2.22. The summed E-state index contributed by atoms with van der Waals surface area (Å²) < 4.78 is 5.24. The van der Waals surface area contributed by atoms with Crippen LogP contribution in [0.25, 0.3) is 0 Å². The van der Waals surface area contributed by atoms with Gasteiger partial charge in [-0.3, -0.25) is 0 Å². The van der Waals surface area contributed by atoms with E-state index in [1.807, 2.05) is 11.8 Å². The molecule has 1 heterocycles. The van der Waals surface area contributed by atoms with Gasteiger partial charge in [-0.25, -0.2) is 0 Å². The smallest absolute Gasteiger partial charge is 0.0588 e. The molecule has 1 saturated heterocycles. The predicted octanol–water partition coefficient (Wildman–Crippen LogP) is 1.38. The van der Waals surface area contributed by atoms with E-state index in [0.717, 1.165) is 24.4 Å². The minimum absolute atomic E-state index is 0.759. The van der Waals surface area contributed by atoms with E-state index in [-0.39, 0.29) is 0 Å². The van der Waals surface area contributed by atoms with Gasteiger partial charge >= 0.3 is 0 Å². The Balaban J connectivity index is 2.30. The average molecular weight is 132 g/mol. The van der Waals surface area contributed by atoms with Gasteiger partial charge in [-0.1, -0.05) is 6.92 Å². The van der Waals surface area contributed by atoms with E-state index >= 15 is 0 Å². The average Bonchev–Trinajstić information content (AvgIpc) is 2.14. The standard InChI is InChI=1S/C6H12OS/c1-5-3-7-4-6(5)8-2/h5-6H,3-4H2,1-2H3. The van der Waals surface area contributed by atoms with Crippen LogP contribution >= 0.6 is 11.8 Å². The molecule has 48 valence electrons. The Kier molecular flexibility index (Phi) is 2.20. The maximum Gasteiger partial charge on any atom is 0.0588 e. The molecule has 0 spiro atoms. The molecule has 0 saturated carbocycles. The van der Waals surface area contributed by atoms with Crippen molar-refractivity contribution < 1.29 is 4.74 Å². The Bertz CT molecular complexity index is 74.9. The summed E-state index contributed by atoms with van der Waals surface area (Å²) in [5, 5.41) is 0.759. The summed E-state index contributed by atoms with van der Waals surface area (Å²) in [5.41, 5.74) is 0. The van der Waals surface area contributed by atoms with Crippen LogP contribution in [0.4, 0.5) is 0 Å². The minimum atomic E-state index is 0.759. The Morgan fingerprint density at radius 1 is 1.50 bits per heavy atom. The number of rotatable bonds is 1. The van der Waals surface area contributed by atoms with Crippen LogP contribution in [0.1, 0.15) is 6.92 Å². The van der Waals surface area contributed by atoms with E-state index in [9.17, 15) is 0 Å². The van der Waals surface area contributed by atoms with E-state index in [1.165, 1.54) is 0 Å². The second-order valence-corrected chi connectivity index (χ2v) is 3.37. The lowest BCUT2D eigenvalue weighted by atomic mass is 10.2. The summed E-state index contributed by atoms with van der Waals surface area (Å²) in [4.78, 5) is 0. The molecule has 1 fully saturated rings. The molecule has 0 aromatic carbocycles. The summed E-state index contributed by atoms with van der Waals surface area (Å²) >= 11 is 1.92. The molecule has 0 radical (unpaired) electrons. The van der Waals surface area contributed by atoms with E-state index in [2.05, 4.69) is 13.2 Å². The first-order chi connectivity index (χ1) is 3.84. The van der Waals surface area contributed by atoms with Gasteiger partial charge < -0.3 is 4.74 Å². The molecular weight excluding hydrogens is 120 g/mol. The lowest BCUT2D eigenvalue weighted by Gasteiger charge is -2.06. The van der Waals surface area contributed by atoms with Crippen molar-refractivity contribution in [3.8, 4) is 0 Å². The van der Waals surface area contributed by atoms with Crippen LogP contribution < -0.4 is 0 Å². The molecular formula is C6H12OS. The third-order valence-corrected chi connectivity index (χ3v) is 2.81. The van der Waals surface area contributed by atoms with Gasteiger partial charge in [0, 0.05) is 5.25 Å². The van der Waals surface area contributed by atoms with Crippen LogP contribution in [0.3, 0.4) is 0 Å². The fourth-order valence-corrected chi connectivity index (χ4v) is 1.72. The van der Waals surface area contributed by atoms with Gasteiger partial charge in [0.1, 0.15) is 0 Å². The predicted molar refractivity (Wildman–Crippen MR) is 37.3 cm³/mol. The molecule has 1 aliphatic heterocycles. The SMILES string of the molecule is CSC1COCC1C. The summed E-state index contributed by atoms with van der Waals surface area (Å²) in [5.74, 6) is 0.769. The minimum Gasteiger partial charge on any atom is -0.380 e. The first kappa shape index (κ1) is 6.43. The maximum atomic E-state index is 5.24. The van der Waals surface area contributed by atoms with Gasteiger partial charge in [0.15, 0.2) is 0 Å². The molecule has 0 aromatic rings. The second-order valence-electron chi connectivity index (χ2n) is 2.29. The van der Waals surface area contributed by atoms with E-state index in [1.54, 1.807) is 0 Å². The van der Waals surface area contributed by atoms with Crippen molar-refractivity contribution in [3.05, 3.63) is 0 Å². The molecule has 2 unspecified atom stereocenters. The zero-order valence-electron chi connectivity index (χ0n) is 5.39. The Hall–Kier alpha value is 0.310. The second kappa shape index (κ2) is 2.74. The quantitative estimate of drug-likeness (QED) is 0.533. The monoisotopic (exact) mass is 132 g/mol. The highest BCUT2D eigenvalue weighted by Gasteiger charge is 2.22. The molecule has 8 heavy (non-hydrogen) atoms. The van der Waals surface area contributed by atoms with Crippen molar-refractivity contribution in [1.82, 2.24) is 0 Å². The molecule has 1 aliphatic rings. The van der Waals surface area contributed by atoms with Crippen LogP contribution in [-0.2, 0) is 4.74 Å². The van der Waals surface area contributed by atoms with Crippen LogP contribution in [0, 0.1) is 5.92 Å². The zero-order valence-corrected chi connectivity index (χ0v) is 6.20. The summed E-state index contributed by atoms with van der Waals surface area (Å²) in [7, 11) is 0. The lowest BCUT2D eigenvalue weighted by molar-refractivity contribution is 0.189. The van der Waals surface area contributed by atoms with Crippen molar-refractivity contribution in [1.29, 1.82) is 0 Å². The molecule has 0 aliphatic carbocycles. The zero-order chi connectivity index (χ0) is 5.98. The normalized spacial score (nSPS) is 38.2. The van der Waals surface area contributed by atoms with Crippen LogP contribution in [-0.4, -0.2) is 24.7 Å². The lowest BCUT2D eigenvalue weighted by Crippen LogP contribution is -2.09. The maximum absolute atomic E-state index is 5.24. The van der Waals surface area contributed by atoms with Gasteiger partial charge in [0.05, 0.1) is 13.2 Å². The van der Waals surface area contributed by atoms with Crippen LogP contribution in [0.2, 0.25) is 0 Å². The Labute approximate surface area is 54.8 Å². The van der Waals surface area contributed by atoms with E-state index < -0.39 is 0 Å². The largest absolute Gasteiger partial charge is 0.380 e. The first-order valence-electron chi connectivity index (χ1n) is 2.95. The van der Waals surface area contributed by atoms with Crippen LogP contribution in [0.15, 0.2) is 0 Å². The third kappa shape index (κ3) is 1.17. The number of hydrogen-bond donors (Lipinski definition) is 0. The molecule has 0 N–H and O–H groups in total. The molecule has 2 heteroatoms. The fourth-order valence-electron chi connectivity index (χ4n) is 0.942. The van der Waals surface area contributed by atoms with Gasteiger partial charge in [0.25, 0.3) is 0 Å². The van der Waals surface area contributed by atoms with E-state index in [4.69, 9.17) is 4.74 Å². The van der Waals surface area contributed by atoms with Gasteiger partial charge in [0.2, 0.25) is 0 Å². The Morgan fingerprint density at radius 3 is 2.50 bits per heavy atom. The van der Waals surface area contributed by atoms with E-state index in [0.29, 0.717) is 0 Å². The number of thioether (sulfide) groups is 1. The van der Waals surface area contributed by atoms with Crippen LogP contribution in [0.5, 0.6) is 0 Å². The Morgan fingerprint density at radius 2 is 2.25 bits per heavy atom. The fraction of sp³-hybridized carbons (Fsp3) is 1.00. The van der Waals surface area contributed by atoms with Crippen molar-refractivity contribution in [3.63, 3.8) is 0 Å². The first-order valence-corrected chi connectivity index (χ1v) is 4.24. The molecule has 1 rings (SSSR count). The number of ether oxygens (including phenoxy) is 1. The summed E-state index contributed by atoms with van der Waals surface area (Å²) in [6, 6.07) is 0. The molecule has 0 aromatic heterocycles. The third-order valence-electron chi connectivity index (χ3n) is 1.60. The van der Waals surface area contributed by atoms with Crippen molar-refractivity contribution >= 4 is 11.8 Å². The van der Waals surface area contributed by atoms with Gasteiger partial charge in [-0.15, -0.1) is 0 Å². The molecule has 2 atom stereocenters.